The number of carbonyl (C=O) groups excluding carboxylic acids is 1. The van der Waals surface area contributed by atoms with Crippen molar-refractivity contribution in [1.29, 1.82) is 0 Å². The number of hydrogen-bond acceptors (Lipinski definition) is 2. The summed E-state index contributed by atoms with van der Waals surface area (Å²) >= 11 is 1.49. The molecule has 3 aromatic carbocycles. The molecular weight excluding hydrogens is 333 g/mol. The Morgan fingerprint density at radius 1 is 0.960 bits per heavy atom. The third kappa shape index (κ3) is 4.48. The fourth-order valence-electron chi connectivity index (χ4n) is 2.50. The number of hydrogen-bond donors (Lipinski definition) is 1. The van der Waals surface area contributed by atoms with Gasteiger partial charge < -0.3 is 5.32 Å². The molecule has 0 radical (unpaired) electrons. The second-order valence-corrected chi connectivity index (χ2v) is 6.85. The molecule has 2 nitrogen and oxygen atoms in total. The van der Waals surface area contributed by atoms with Crippen LogP contribution in [0, 0.1) is 12.7 Å². The first-order valence-electron chi connectivity index (χ1n) is 7.97. The van der Waals surface area contributed by atoms with Gasteiger partial charge in [0, 0.05) is 10.6 Å². The smallest absolute Gasteiger partial charge is 0.242 e. The van der Waals surface area contributed by atoms with E-state index in [0.717, 1.165) is 10.5 Å². The number of carbonyl (C=O) groups is 1. The molecule has 0 spiro atoms. The Labute approximate surface area is 151 Å². The van der Waals surface area contributed by atoms with Crippen LogP contribution in [-0.2, 0) is 4.79 Å². The minimum absolute atomic E-state index is 0.130. The van der Waals surface area contributed by atoms with Crippen LogP contribution < -0.4 is 5.32 Å². The number of aryl methyl sites for hydroxylation is 1. The fourth-order valence-corrected chi connectivity index (χ4v) is 3.55. The molecule has 0 bridgehead atoms. The van der Waals surface area contributed by atoms with E-state index in [4.69, 9.17) is 0 Å². The maximum absolute atomic E-state index is 13.3. The highest BCUT2D eigenvalue weighted by Crippen LogP contribution is 2.36. The van der Waals surface area contributed by atoms with Gasteiger partial charge in [0.25, 0.3) is 0 Å². The summed E-state index contributed by atoms with van der Waals surface area (Å²) in [7, 11) is 0. The zero-order valence-electron chi connectivity index (χ0n) is 13.8. The lowest BCUT2D eigenvalue weighted by Crippen LogP contribution is -2.19. The predicted octanol–water partition coefficient (Wildman–Crippen LogP) is 5.61. The van der Waals surface area contributed by atoms with Crippen LogP contribution in [0.3, 0.4) is 0 Å². The summed E-state index contributed by atoms with van der Waals surface area (Å²) in [5, 5.41) is 2.53. The lowest BCUT2D eigenvalue weighted by Gasteiger charge is -2.18. The Morgan fingerprint density at radius 3 is 2.24 bits per heavy atom. The molecule has 0 aliphatic carbocycles. The summed E-state index contributed by atoms with van der Waals surface area (Å²) in [6.07, 6.45) is 0. The Hall–Kier alpha value is -2.59. The normalized spacial score (nSPS) is 11.8. The van der Waals surface area contributed by atoms with E-state index in [2.05, 4.69) is 5.32 Å². The largest absolute Gasteiger partial charge is 0.325 e. The topological polar surface area (TPSA) is 29.1 Å². The molecular formula is C21H18FNOS. The van der Waals surface area contributed by atoms with E-state index in [-0.39, 0.29) is 11.7 Å². The van der Waals surface area contributed by atoms with Gasteiger partial charge in [-0.2, -0.15) is 0 Å². The summed E-state index contributed by atoms with van der Waals surface area (Å²) in [6, 6.07) is 23.8. The minimum atomic E-state index is -0.395. The van der Waals surface area contributed by atoms with Crippen molar-refractivity contribution in [2.45, 2.75) is 17.1 Å². The summed E-state index contributed by atoms with van der Waals surface area (Å²) in [5.41, 5.74) is 2.25. The van der Waals surface area contributed by atoms with Gasteiger partial charge in [-0.3, -0.25) is 4.79 Å². The molecule has 0 fully saturated rings. The van der Waals surface area contributed by atoms with Crippen molar-refractivity contribution in [3.8, 4) is 0 Å². The number of thioether (sulfide) groups is 1. The number of rotatable bonds is 5. The van der Waals surface area contributed by atoms with Gasteiger partial charge in [0.05, 0.1) is 0 Å². The maximum Gasteiger partial charge on any atom is 0.242 e. The van der Waals surface area contributed by atoms with Gasteiger partial charge in [0.15, 0.2) is 0 Å². The van der Waals surface area contributed by atoms with Crippen LogP contribution >= 0.6 is 11.8 Å². The molecule has 1 amide bonds. The summed E-state index contributed by atoms with van der Waals surface area (Å²) in [5.74, 6) is -0.441. The molecule has 0 heterocycles. The Bertz CT molecular complexity index is 852. The zero-order valence-corrected chi connectivity index (χ0v) is 14.6. The predicted molar refractivity (Wildman–Crippen MR) is 101 cm³/mol. The first kappa shape index (κ1) is 17.2. The highest BCUT2D eigenvalue weighted by atomic mass is 32.2. The van der Waals surface area contributed by atoms with Crippen LogP contribution in [0.2, 0.25) is 0 Å². The zero-order chi connectivity index (χ0) is 17.6. The van der Waals surface area contributed by atoms with E-state index in [9.17, 15) is 9.18 Å². The van der Waals surface area contributed by atoms with Crippen LogP contribution in [0.15, 0.2) is 83.8 Å². The molecule has 0 saturated heterocycles. The van der Waals surface area contributed by atoms with E-state index < -0.39 is 5.25 Å². The van der Waals surface area contributed by atoms with Crippen molar-refractivity contribution in [3.05, 3.63) is 95.8 Å². The van der Waals surface area contributed by atoms with Crippen LogP contribution in [0.25, 0.3) is 0 Å². The van der Waals surface area contributed by atoms with E-state index >= 15 is 0 Å². The van der Waals surface area contributed by atoms with Gasteiger partial charge in [-0.15, -0.1) is 11.8 Å². The first-order chi connectivity index (χ1) is 12.1. The number of halogens is 1. The number of amides is 1. The van der Waals surface area contributed by atoms with Gasteiger partial charge in [-0.25, -0.2) is 4.39 Å². The molecule has 1 atom stereocenters. The Kier molecular flexibility index (Phi) is 5.51. The van der Waals surface area contributed by atoms with Gasteiger partial charge in [0.2, 0.25) is 5.91 Å². The SMILES string of the molecule is Cc1cc(F)ccc1NC(=O)[C@H](Sc1ccccc1)c1ccccc1. The monoisotopic (exact) mass is 351 g/mol. The molecule has 3 aromatic rings. The standard InChI is InChI=1S/C21H18FNOS/c1-15-14-17(22)12-13-19(15)23-21(24)20(16-8-4-2-5-9-16)25-18-10-6-3-7-11-18/h2-14,20H,1H3,(H,23,24)/t20-/m1/s1. The summed E-state index contributed by atoms with van der Waals surface area (Å²) < 4.78 is 13.3. The Morgan fingerprint density at radius 2 is 1.60 bits per heavy atom. The third-order valence-electron chi connectivity index (χ3n) is 3.78. The highest BCUT2D eigenvalue weighted by molar-refractivity contribution is 8.00. The third-order valence-corrected chi connectivity index (χ3v) is 5.05. The van der Waals surface area contributed by atoms with E-state index in [1.807, 2.05) is 60.7 Å². The molecule has 4 heteroatoms. The number of benzene rings is 3. The molecule has 0 unspecified atom stereocenters. The second kappa shape index (κ2) is 7.99. The number of anilines is 1. The molecule has 3 rings (SSSR count). The van der Waals surface area contributed by atoms with Crippen molar-refractivity contribution in [2.75, 3.05) is 5.32 Å². The molecule has 0 aliphatic rings. The molecule has 0 aromatic heterocycles. The van der Waals surface area contributed by atoms with Crippen LogP contribution in [0.1, 0.15) is 16.4 Å². The lowest BCUT2D eigenvalue weighted by atomic mass is 10.1. The molecule has 0 saturated carbocycles. The minimum Gasteiger partial charge on any atom is -0.325 e. The van der Waals surface area contributed by atoms with Crippen LogP contribution in [0.4, 0.5) is 10.1 Å². The highest BCUT2D eigenvalue weighted by Gasteiger charge is 2.22. The lowest BCUT2D eigenvalue weighted by molar-refractivity contribution is -0.115. The molecule has 126 valence electrons. The van der Waals surface area contributed by atoms with E-state index in [1.165, 1.54) is 23.9 Å². The van der Waals surface area contributed by atoms with Crippen molar-refractivity contribution < 1.29 is 9.18 Å². The van der Waals surface area contributed by atoms with Crippen LogP contribution in [0.5, 0.6) is 0 Å². The quantitative estimate of drug-likeness (QED) is 0.606. The Balaban J connectivity index is 1.87. The average molecular weight is 351 g/mol. The van der Waals surface area contributed by atoms with Gasteiger partial charge in [0.1, 0.15) is 11.1 Å². The molecule has 25 heavy (non-hydrogen) atoms. The van der Waals surface area contributed by atoms with Crippen molar-refractivity contribution >= 4 is 23.4 Å². The van der Waals surface area contributed by atoms with Crippen molar-refractivity contribution in [3.63, 3.8) is 0 Å². The van der Waals surface area contributed by atoms with Crippen molar-refractivity contribution in [2.24, 2.45) is 0 Å². The fraction of sp³-hybridized carbons (Fsp3) is 0.0952. The van der Waals surface area contributed by atoms with Gasteiger partial charge in [-0.05, 0) is 48.4 Å². The van der Waals surface area contributed by atoms with E-state index in [1.54, 1.807) is 13.0 Å². The summed E-state index contributed by atoms with van der Waals surface area (Å²) in [6.45, 7) is 1.78. The first-order valence-corrected chi connectivity index (χ1v) is 8.85. The molecule has 1 N–H and O–H groups in total. The summed E-state index contributed by atoms with van der Waals surface area (Å²) in [4.78, 5) is 13.9. The second-order valence-electron chi connectivity index (χ2n) is 5.67. The maximum atomic E-state index is 13.3. The molecule has 0 aliphatic heterocycles. The number of nitrogens with one attached hydrogen (secondary N) is 1. The van der Waals surface area contributed by atoms with Crippen molar-refractivity contribution in [1.82, 2.24) is 0 Å². The van der Waals surface area contributed by atoms with Crippen LogP contribution in [-0.4, -0.2) is 5.91 Å². The van der Waals surface area contributed by atoms with Gasteiger partial charge >= 0.3 is 0 Å². The van der Waals surface area contributed by atoms with Gasteiger partial charge in [-0.1, -0.05) is 48.5 Å². The van der Waals surface area contributed by atoms with E-state index in [0.29, 0.717) is 11.3 Å². The average Bonchev–Trinajstić information content (AvgIpc) is 2.63.